The van der Waals surface area contributed by atoms with E-state index in [1.165, 1.54) is 12.7 Å². The molecule has 0 saturated carbocycles. The number of benzene rings is 2. The molecule has 0 aliphatic carbocycles. The number of fused-ring (bicyclic) bond motifs is 3. The number of nitrogens with zero attached hydrogens (tertiary/aromatic N) is 2. The molecule has 0 unspecified atom stereocenters. The quantitative estimate of drug-likeness (QED) is 0.725. The van der Waals surface area contributed by atoms with Gasteiger partial charge in [-0.05, 0) is 56.0 Å². The van der Waals surface area contributed by atoms with Gasteiger partial charge < -0.3 is 15.2 Å². The van der Waals surface area contributed by atoms with Gasteiger partial charge in [0.25, 0.3) is 0 Å². The zero-order chi connectivity index (χ0) is 20.0. The molecule has 3 aromatic rings. The highest BCUT2D eigenvalue weighted by Gasteiger charge is 2.21. The van der Waals surface area contributed by atoms with Crippen molar-refractivity contribution in [2.45, 2.75) is 33.7 Å². The van der Waals surface area contributed by atoms with E-state index in [9.17, 15) is 9.90 Å². The number of hydrogen-bond donors (Lipinski definition) is 2. The average Bonchev–Trinajstić information content (AvgIpc) is 2.64. The lowest BCUT2D eigenvalue weighted by atomic mass is 9.97. The maximum Gasteiger partial charge on any atom is 0.350 e. The van der Waals surface area contributed by atoms with Gasteiger partial charge in [-0.3, -0.25) is 4.57 Å². The SMILES string of the molecule is COc1cc2c(cc1O)-c1cc(Nc3c(C)cc(C)cc3C)nc(=O)n1CC2. The number of rotatable bonds is 3. The van der Waals surface area contributed by atoms with Crippen molar-refractivity contribution in [2.75, 3.05) is 12.4 Å². The van der Waals surface area contributed by atoms with Crippen molar-refractivity contribution in [2.24, 2.45) is 0 Å². The summed E-state index contributed by atoms with van der Waals surface area (Å²) in [5, 5.41) is 13.5. The number of aromatic nitrogens is 2. The topological polar surface area (TPSA) is 76.4 Å². The first-order valence-corrected chi connectivity index (χ1v) is 9.24. The number of aromatic hydroxyl groups is 1. The zero-order valence-electron chi connectivity index (χ0n) is 16.5. The molecule has 0 saturated heterocycles. The molecular formula is C22H23N3O3. The minimum Gasteiger partial charge on any atom is -0.504 e. The molecule has 6 heteroatoms. The predicted octanol–water partition coefficient (Wildman–Crippen LogP) is 3.85. The van der Waals surface area contributed by atoms with Gasteiger partial charge in [0, 0.05) is 23.9 Å². The van der Waals surface area contributed by atoms with Crippen LogP contribution in [0.4, 0.5) is 11.5 Å². The van der Waals surface area contributed by atoms with Crippen molar-refractivity contribution in [1.29, 1.82) is 0 Å². The Kier molecular flexibility index (Phi) is 4.34. The molecule has 2 heterocycles. The highest BCUT2D eigenvalue weighted by atomic mass is 16.5. The van der Waals surface area contributed by atoms with Crippen LogP contribution in [0.2, 0.25) is 0 Å². The third-order valence-corrected chi connectivity index (χ3v) is 5.23. The van der Waals surface area contributed by atoms with E-state index in [4.69, 9.17) is 4.74 Å². The number of ether oxygens (including phenoxy) is 1. The summed E-state index contributed by atoms with van der Waals surface area (Å²) in [6.07, 6.45) is 0.684. The summed E-state index contributed by atoms with van der Waals surface area (Å²) < 4.78 is 6.87. The summed E-state index contributed by atoms with van der Waals surface area (Å²) >= 11 is 0. The first-order chi connectivity index (χ1) is 13.4. The van der Waals surface area contributed by atoms with E-state index in [-0.39, 0.29) is 11.4 Å². The van der Waals surface area contributed by atoms with Gasteiger partial charge in [0.1, 0.15) is 5.82 Å². The lowest BCUT2D eigenvalue weighted by molar-refractivity contribution is 0.372. The van der Waals surface area contributed by atoms with Crippen LogP contribution in [0.1, 0.15) is 22.3 Å². The van der Waals surface area contributed by atoms with Crippen molar-refractivity contribution in [3.8, 4) is 22.8 Å². The van der Waals surface area contributed by atoms with E-state index in [0.717, 1.165) is 33.6 Å². The number of phenolic OH excluding ortho intramolecular Hbond substituents is 1. The van der Waals surface area contributed by atoms with E-state index >= 15 is 0 Å². The molecule has 0 bridgehead atoms. The molecule has 0 radical (unpaired) electrons. The normalized spacial score (nSPS) is 12.3. The molecule has 1 aliphatic rings. The molecule has 1 aliphatic heterocycles. The second kappa shape index (κ2) is 6.71. The summed E-state index contributed by atoms with van der Waals surface area (Å²) in [5.74, 6) is 0.987. The maximum absolute atomic E-state index is 12.6. The lowest BCUT2D eigenvalue weighted by Crippen LogP contribution is -2.28. The Morgan fingerprint density at radius 1 is 1.11 bits per heavy atom. The van der Waals surface area contributed by atoms with Crippen molar-refractivity contribution in [3.63, 3.8) is 0 Å². The number of phenols is 1. The van der Waals surface area contributed by atoms with Crippen LogP contribution >= 0.6 is 0 Å². The maximum atomic E-state index is 12.6. The minimum atomic E-state index is -0.302. The molecule has 0 atom stereocenters. The smallest absolute Gasteiger partial charge is 0.350 e. The average molecular weight is 377 g/mol. The van der Waals surface area contributed by atoms with Crippen molar-refractivity contribution < 1.29 is 9.84 Å². The van der Waals surface area contributed by atoms with Gasteiger partial charge >= 0.3 is 5.69 Å². The summed E-state index contributed by atoms with van der Waals surface area (Å²) in [5.41, 5.74) is 6.64. The number of nitrogens with one attached hydrogen (secondary N) is 1. The Morgan fingerprint density at radius 3 is 2.50 bits per heavy atom. The number of anilines is 2. The van der Waals surface area contributed by atoms with Gasteiger partial charge in [0.05, 0.1) is 12.8 Å². The summed E-state index contributed by atoms with van der Waals surface area (Å²) in [6.45, 7) is 6.68. The van der Waals surface area contributed by atoms with Crippen LogP contribution in [0.5, 0.6) is 11.5 Å². The first kappa shape index (κ1) is 18.1. The molecule has 0 amide bonds. The summed E-state index contributed by atoms with van der Waals surface area (Å²) in [7, 11) is 1.53. The van der Waals surface area contributed by atoms with Gasteiger partial charge in [-0.15, -0.1) is 0 Å². The second-order valence-corrected chi connectivity index (χ2v) is 7.29. The second-order valence-electron chi connectivity index (χ2n) is 7.29. The lowest BCUT2D eigenvalue weighted by Gasteiger charge is -2.23. The fraction of sp³-hybridized carbons (Fsp3) is 0.273. The monoisotopic (exact) mass is 377 g/mol. The highest BCUT2D eigenvalue weighted by molar-refractivity contribution is 5.73. The van der Waals surface area contributed by atoms with Crippen molar-refractivity contribution >= 4 is 11.5 Å². The van der Waals surface area contributed by atoms with E-state index in [0.29, 0.717) is 24.5 Å². The predicted molar refractivity (Wildman–Crippen MR) is 110 cm³/mol. The van der Waals surface area contributed by atoms with Crippen molar-refractivity contribution in [3.05, 3.63) is 63.1 Å². The molecule has 2 N–H and O–H groups in total. The van der Waals surface area contributed by atoms with Crippen LogP contribution in [-0.2, 0) is 13.0 Å². The van der Waals surface area contributed by atoms with Crippen LogP contribution in [0.15, 0.2) is 35.1 Å². The zero-order valence-corrected chi connectivity index (χ0v) is 16.5. The third-order valence-electron chi connectivity index (χ3n) is 5.23. The Labute approximate surface area is 163 Å². The van der Waals surface area contributed by atoms with Crippen LogP contribution in [0.25, 0.3) is 11.3 Å². The van der Waals surface area contributed by atoms with Crippen LogP contribution in [0, 0.1) is 20.8 Å². The molecule has 2 aromatic carbocycles. The number of hydrogen-bond acceptors (Lipinski definition) is 5. The number of aryl methyl sites for hydroxylation is 4. The minimum absolute atomic E-state index is 0.0543. The highest BCUT2D eigenvalue weighted by Crippen LogP contribution is 2.38. The van der Waals surface area contributed by atoms with E-state index in [1.54, 1.807) is 10.6 Å². The van der Waals surface area contributed by atoms with Crippen molar-refractivity contribution in [1.82, 2.24) is 9.55 Å². The fourth-order valence-corrected chi connectivity index (χ4v) is 3.97. The van der Waals surface area contributed by atoms with Gasteiger partial charge in [-0.2, -0.15) is 4.98 Å². The molecule has 0 fully saturated rings. The Morgan fingerprint density at radius 2 is 1.82 bits per heavy atom. The van der Waals surface area contributed by atoms with E-state index < -0.39 is 0 Å². The molecule has 0 spiro atoms. The molecule has 144 valence electrons. The first-order valence-electron chi connectivity index (χ1n) is 9.24. The Balaban J connectivity index is 1.83. The van der Waals surface area contributed by atoms with Crippen LogP contribution < -0.4 is 15.7 Å². The molecule has 4 rings (SSSR count). The van der Waals surface area contributed by atoms with Gasteiger partial charge in [-0.1, -0.05) is 17.7 Å². The molecule has 6 nitrogen and oxygen atoms in total. The standard InChI is InChI=1S/C22H23N3O3/c1-12-7-13(2)21(14(3)8-12)23-20-11-17-16-10-18(26)19(28-4)9-15(16)5-6-25(17)22(27)24-20/h7-11,26H,5-6H2,1-4H3,(H,23,24,27). The third kappa shape index (κ3) is 3.01. The fourth-order valence-electron chi connectivity index (χ4n) is 3.97. The molecule has 28 heavy (non-hydrogen) atoms. The summed E-state index contributed by atoms with van der Waals surface area (Å²) in [4.78, 5) is 16.9. The van der Waals surface area contributed by atoms with Gasteiger partial charge in [0.2, 0.25) is 0 Å². The molecule has 1 aromatic heterocycles. The van der Waals surface area contributed by atoms with Gasteiger partial charge in [-0.25, -0.2) is 4.79 Å². The Hall–Kier alpha value is -3.28. The largest absolute Gasteiger partial charge is 0.504 e. The Bertz CT molecular complexity index is 1130. The number of methoxy groups -OCH3 is 1. The summed E-state index contributed by atoms with van der Waals surface area (Å²) in [6, 6.07) is 9.55. The van der Waals surface area contributed by atoms with Gasteiger partial charge in [0.15, 0.2) is 11.5 Å². The van der Waals surface area contributed by atoms with Crippen LogP contribution in [0.3, 0.4) is 0 Å². The van der Waals surface area contributed by atoms with E-state index in [1.807, 2.05) is 26.0 Å². The van der Waals surface area contributed by atoms with Crippen LogP contribution in [-0.4, -0.2) is 21.8 Å². The molecular weight excluding hydrogens is 354 g/mol. The van der Waals surface area contributed by atoms with E-state index in [2.05, 4.69) is 29.4 Å².